The summed E-state index contributed by atoms with van der Waals surface area (Å²) < 4.78 is 13.4. The van der Waals surface area contributed by atoms with Crippen molar-refractivity contribution >= 4 is 5.91 Å². The number of hydrogen-bond acceptors (Lipinski definition) is 4. The minimum atomic E-state index is -0.711. The van der Waals surface area contributed by atoms with Gasteiger partial charge in [0, 0.05) is 11.6 Å². The highest BCUT2D eigenvalue weighted by molar-refractivity contribution is 5.83. The third-order valence-electron chi connectivity index (χ3n) is 4.03. The van der Waals surface area contributed by atoms with Crippen LogP contribution in [-0.4, -0.2) is 32.2 Å². The number of benzene rings is 2. The summed E-state index contributed by atoms with van der Waals surface area (Å²) in [6.07, 6.45) is 1.99. The van der Waals surface area contributed by atoms with Crippen molar-refractivity contribution < 1.29 is 9.18 Å². The summed E-state index contributed by atoms with van der Waals surface area (Å²) in [7, 11) is 0. The van der Waals surface area contributed by atoms with Gasteiger partial charge in [-0.1, -0.05) is 42.5 Å². The molecule has 1 atom stereocenters. The van der Waals surface area contributed by atoms with Crippen molar-refractivity contribution in [1.82, 2.24) is 25.5 Å². The zero-order valence-corrected chi connectivity index (χ0v) is 13.3. The molecule has 1 aliphatic carbocycles. The number of carbonyl (C=O) groups excluding carboxylic acids is 1. The minimum absolute atomic E-state index is 0.170. The van der Waals surface area contributed by atoms with Crippen LogP contribution in [-0.2, 0) is 4.79 Å². The molecule has 1 aromatic heterocycles. The molecule has 0 unspecified atom stereocenters. The van der Waals surface area contributed by atoms with Crippen LogP contribution in [0.2, 0.25) is 0 Å². The number of aromatic nitrogens is 4. The van der Waals surface area contributed by atoms with Crippen LogP contribution < -0.4 is 5.32 Å². The second-order valence-corrected chi connectivity index (χ2v) is 6.04. The number of rotatable bonds is 5. The highest BCUT2D eigenvalue weighted by atomic mass is 19.1. The SMILES string of the molecule is O=C(NC1CC1)[C@@H](c1ccccc1)n1nnc(-c2cccc(F)c2)n1. The molecule has 0 aliphatic heterocycles. The lowest BCUT2D eigenvalue weighted by Crippen LogP contribution is -2.35. The Balaban J connectivity index is 1.68. The fourth-order valence-electron chi connectivity index (χ4n) is 2.61. The second kappa shape index (κ2) is 6.43. The smallest absolute Gasteiger partial charge is 0.251 e. The molecule has 6 nitrogen and oxygen atoms in total. The molecule has 0 spiro atoms. The number of hydrogen-bond donors (Lipinski definition) is 1. The molecule has 0 bridgehead atoms. The summed E-state index contributed by atoms with van der Waals surface area (Å²) >= 11 is 0. The molecule has 126 valence electrons. The lowest BCUT2D eigenvalue weighted by Gasteiger charge is -2.15. The zero-order valence-electron chi connectivity index (χ0n) is 13.3. The molecular formula is C18H16FN5O. The average molecular weight is 337 g/mol. The van der Waals surface area contributed by atoms with Crippen molar-refractivity contribution in [2.75, 3.05) is 0 Å². The van der Waals surface area contributed by atoms with Crippen LogP contribution in [0, 0.1) is 5.82 Å². The topological polar surface area (TPSA) is 72.7 Å². The molecule has 1 heterocycles. The van der Waals surface area contributed by atoms with Crippen LogP contribution in [0.1, 0.15) is 24.4 Å². The van der Waals surface area contributed by atoms with Gasteiger partial charge in [-0.25, -0.2) is 4.39 Å². The highest BCUT2D eigenvalue weighted by Gasteiger charge is 2.31. The zero-order chi connectivity index (χ0) is 17.2. The molecule has 1 aliphatic rings. The lowest BCUT2D eigenvalue weighted by molar-refractivity contribution is -0.123. The summed E-state index contributed by atoms with van der Waals surface area (Å²) in [6.45, 7) is 0. The number of amides is 1. The first-order chi connectivity index (χ1) is 12.2. The summed E-state index contributed by atoms with van der Waals surface area (Å²) in [5, 5.41) is 15.3. The first-order valence-corrected chi connectivity index (χ1v) is 8.11. The number of nitrogens with zero attached hydrogens (tertiary/aromatic N) is 4. The Morgan fingerprint density at radius 2 is 1.96 bits per heavy atom. The van der Waals surface area contributed by atoms with Crippen LogP contribution >= 0.6 is 0 Å². The van der Waals surface area contributed by atoms with Crippen molar-refractivity contribution in [3.63, 3.8) is 0 Å². The van der Waals surface area contributed by atoms with E-state index in [1.807, 2.05) is 30.3 Å². The van der Waals surface area contributed by atoms with E-state index in [1.54, 1.807) is 12.1 Å². The molecule has 1 fully saturated rings. The van der Waals surface area contributed by atoms with E-state index in [2.05, 4.69) is 20.7 Å². The van der Waals surface area contributed by atoms with E-state index in [0.717, 1.165) is 18.4 Å². The molecule has 1 saturated carbocycles. The van der Waals surface area contributed by atoms with Gasteiger partial charge in [0.25, 0.3) is 5.91 Å². The normalized spacial score (nSPS) is 14.9. The third-order valence-corrected chi connectivity index (χ3v) is 4.03. The number of carbonyl (C=O) groups is 1. The Morgan fingerprint density at radius 1 is 1.16 bits per heavy atom. The first kappa shape index (κ1) is 15.4. The Labute approximate surface area is 143 Å². The summed E-state index contributed by atoms with van der Waals surface area (Å²) in [6, 6.07) is 14.8. The number of tetrazole rings is 1. The minimum Gasteiger partial charge on any atom is -0.351 e. The highest BCUT2D eigenvalue weighted by Crippen LogP contribution is 2.23. The molecule has 3 aromatic rings. The molecule has 1 N–H and O–H groups in total. The van der Waals surface area contributed by atoms with Gasteiger partial charge in [-0.05, 0) is 35.8 Å². The Morgan fingerprint density at radius 3 is 2.68 bits per heavy atom. The molecule has 1 amide bonds. The van der Waals surface area contributed by atoms with Crippen molar-refractivity contribution in [3.8, 4) is 11.4 Å². The van der Waals surface area contributed by atoms with Crippen molar-refractivity contribution in [3.05, 3.63) is 66.0 Å². The molecule has 2 aromatic carbocycles. The molecule has 7 heteroatoms. The fraction of sp³-hybridized carbons (Fsp3) is 0.222. The maximum atomic E-state index is 13.4. The predicted molar refractivity (Wildman–Crippen MR) is 89.0 cm³/mol. The van der Waals surface area contributed by atoms with Gasteiger partial charge in [0.1, 0.15) is 5.82 Å². The third kappa shape index (κ3) is 3.40. The largest absolute Gasteiger partial charge is 0.351 e. The van der Waals surface area contributed by atoms with Gasteiger partial charge in [0.15, 0.2) is 6.04 Å². The average Bonchev–Trinajstić information content (AvgIpc) is 3.30. The standard InChI is InChI=1S/C18H16FN5O/c19-14-8-4-7-13(11-14)17-21-23-24(22-17)16(12-5-2-1-3-6-12)18(25)20-15-9-10-15/h1-8,11,15-16H,9-10H2,(H,20,25)/t16-/m1/s1. The molecule has 4 rings (SSSR count). The molecule has 25 heavy (non-hydrogen) atoms. The van der Waals surface area contributed by atoms with Gasteiger partial charge in [0.2, 0.25) is 5.82 Å². The Kier molecular flexibility index (Phi) is 3.97. The van der Waals surface area contributed by atoms with Crippen molar-refractivity contribution in [1.29, 1.82) is 0 Å². The van der Waals surface area contributed by atoms with Crippen LogP contribution in [0.4, 0.5) is 4.39 Å². The first-order valence-electron chi connectivity index (χ1n) is 8.11. The van der Waals surface area contributed by atoms with Crippen LogP contribution in [0.3, 0.4) is 0 Å². The van der Waals surface area contributed by atoms with Crippen LogP contribution in [0.15, 0.2) is 54.6 Å². The van der Waals surface area contributed by atoms with E-state index in [1.165, 1.54) is 16.9 Å². The van der Waals surface area contributed by atoms with E-state index in [-0.39, 0.29) is 23.6 Å². The number of nitrogens with one attached hydrogen (secondary N) is 1. The van der Waals surface area contributed by atoms with Gasteiger partial charge in [-0.3, -0.25) is 4.79 Å². The van der Waals surface area contributed by atoms with Gasteiger partial charge in [-0.2, -0.15) is 0 Å². The molecule has 0 saturated heterocycles. The summed E-state index contributed by atoms with van der Waals surface area (Å²) in [4.78, 5) is 14.0. The van der Waals surface area contributed by atoms with Gasteiger partial charge < -0.3 is 5.32 Å². The second-order valence-electron chi connectivity index (χ2n) is 6.04. The molecular weight excluding hydrogens is 321 g/mol. The monoisotopic (exact) mass is 337 g/mol. The Bertz CT molecular complexity index is 891. The molecule has 0 radical (unpaired) electrons. The van der Waals surface area contributed by atoms with E-state index >= 15 is 0 Å². The summed E-state index contributed by atoms with van der Waals surface area (Å²) in [5.74, 6) is -0.267. The Hall–Kier alpha value is -3.09. The van der Waals surface area contributed by atoms with Crippen molar-refractivity contribution in [2.45, 2.75) is 24.9 Å². The van der Waals surface area contributed by atoms with Crippen molar-refractivity contribution in [2.24, 2.45) is 0 Å². The van der Waals surface area contributed by atoms with E-state index in [4.69, 9.17) is 0 Å². The van der Waals surface area contributed by atoms with E-state index in [9.17, 15) is 9.18 Å². The quantitative estimate of drug-likeness (QED) is 0.776. The van der Waals surface area contributed by atoms with Crippen LogP contribution in [0.5, 0.6) is 0 Å². The van der Waals surface area contributed by atoms with E-state index in [0.29, 0.717) is 5.56 Å². The van der Waals surface area contributed by atoms with Crippen LogP contribution in [0.25, 0.3) is 11.4 Å². The maximum absolute atomic E-state index is 13.4. The predicted octanol–water partition coefficient (Wildman–Crippen LogP) is 2.35. The fourth-order valence-corrected chi connectivity index (χ4v) is 2.61. The van der Waals surface area contributed by atoms with E-state index < -0.39 is 6.04 Å². The summed E-state index contributed by atoms with van der Waals surface area (Å²) in [5.41, 5.74) is 1.28. The number of halogens is 1. The van der Waals surface area contributed by atoms with Gasteiger partial charge in [-0.15, -0.1) is 15.0 Å². The van der Waals surface area contributed by atoms with Gasteiger partial charge >= 0.3 is 0 Å². The van der Waals surface area contributed by atoms with Gasteiger partial charge in [0.05, 0.1) is 0 Å². The lowest BCUT2D eigenvalue weighted by atomic mass is 10.1. The maximum Gasteiger partial charge on any atom is 0.251 e.